The van der Waals surface area contributed by atoms with Gasteiger partial charge in [0.2, 0.25) is 0 Å². The molecule has 0 saturated heterocycles. The highest BCUT2D eigenvalue weighted by Gasteiger charge is 2.12. The lowest BCUT2D eigenvalue weighted by Crippen LogP contribution is -2.29. The first-order valence-corrected chi connectivity index (χ1v) is 5.79. The van der Waals surface area contributed by atoms with Crippen molar-refractivity contribution in [3.05, 3.63) is 0 Å². The Morgan fingerprint density at radius 2 is 2.07 bits per heavy atom. The van der Waals surface area contributed by atoms with Crippen molar-refractivity contribution in [1.82, 2.24) is 5.32 Å². The van der Waals surface area contributed by atoms with E-state index in [0.717, 1.165) is 13.2 Å². The summed E-state index contributed by atoms with van der Waals surface area (Å²) in [5, 5.41) is 12.1. The van der Waals surface area contributed by atoms with E-state index >= 15 is 0 Å². The SMILES string of the molecule is C[C@@H](O)CNCCOC1CCCCC1. The van der Waals surface area contributed by atoms with E-state index in [9.17, 15) is 0 Å². The summed E-state index contributed by atoms with van der Waals surface area (Å²) in [5.74, 6) is 0. The molecule has 1 saturated carbocycles. The summed E-state index contributed by atoms with van der Waals surface area (Å²) in [4.78, 5) is 0. The molecule has 0 heterocycles. The van der Waals surface area contributed by atoms with E-state index in [1.807, 2.05) is 0 Å². The van der Waals surface area contributed by atoms with E-state index in [2.05, 4.69) is 5.32 Å². The Kier molecular flexibility index (Phi) is 6.15. The van der Waals surface area contributed by atoms with Gasteiger partial charge < -0.3 is 15.2 Å². The van der Waals surface area contributed by atoms with Crippen molar-refractivity contribution in [3.8, 4) is 0 Å². The fourth-order valence-corrected chi connectivity index (χ4v) is 1.84. The molecule has 0 aliphatic heterocycles. The Bertz CT molecular complexity index is 133. The Hall–Kier alpha value is -0.120. The summed E-state index contributed by atoms with van der Waals surface area (Å²) in [5.41, 5.74) is 0. The Balaban J connectivity index is 1.87. The minimum absolute atomic E-state index is 0.260. The Morgan fingerprint density at radius 3 is 2.71 bits per heavy atom. The molecule has 1 atom stereocenters. The van der Waals surface area contributed by atoms with E-state index < -0.39 is 0 Å². The third-order valence-electron chi connectivity index (χ3n) is 2.62. The van der Waals surface area contributed by atoms with Gasteiger partial charge in [0.1, 0.15) is 0 Å². The molecule has 2 N–H and O–H groups in total. The number of hydrogen-bond acceptors (Lipinski definition) is 3. The predicted octanol–water partition coefficient (Wildman–Crippen LogP) is 1.31. The summed E-state index contributed by atoms with van der Waals surface area (Å²) >= 11 is 0. The molecule has 0 unspecified atom stereocenters. The van der Waals surface area contributed by atoms with Gasteiger partial charge in [0.15, 0.2) is 0 Å². The average molecular weight is 201 g/mol. The molecule has 0 spiro atoms. The van der Waals surface area contributed by atoms with Gasteiger partial charge >= 0.3 is 0 Å². The smallest absolute Gasteiger partial charge is 0.0636 e. The molecule has 0 amide bonds. The molecule has 0 aromatic heterocycles. The summed E-state index contributed by atoms with van der Waals surface area (Å²) in [6, 6.07) is 0. The van der Waals surface area contributed by atoms with E-state index in [1.54, 1.807) is 6.92 Å². The topological polar surface area (TPSA) is 41.5 Å². The third kappa shape index (κ3) is 5.58. The van der Waals surface area contributed by atoms with Crippen molar-refractivity contribution in [3.63, 3.8) is 0 Å². The van der Waals surface area contributed by atoms with Gasteiger partial charge in [-0.15, -0.1) is 0 Å². The van der Waals surface area contributed by atoms with Gasteiger partial charge in [-0.1, -0.05) is 19.3 Å². The van der Waals surface area contributed by atoms with Crippen LogP contribution in [0.3, 0.4) is 0 Å². The first-order valence-electron chi connectivity index (χ1n) is 5.79. The molecule has 1 aliphatic rings. The van der Waals surface area contributed by atoms with Crippen LogP contribution in [0.4, 0.5) is 0 Å². The molecule has 0 aromatic carbocycles. The van der Waals surface area contributed by atoms with Crippen molar-refractivity contribution in [1.29, 1.82) is 0 Å². The van der Waals surface area contributed by atoms with Gasteiger partial charge in [-0.25, -0.2) is 0 Å². The minimum Gasteiger partial charge on any atom is -0.392 e. The van der Waals surface area contributed by atoms with Crippen LogP contribution in [0.5, 0.6) is 0 Å². The van der Waals surface area contributed by atoms with Crippen LogP contribution in [0.2, 0.25) is 0 Å². The fraction of sp³-hybridized carbons (Fsp3) is 1.00. The molecule has 3 heteroatoms. The molecular weight excluding hydrogens is 178 g/mol. The largest absolute Gasteiger partial charge is 0.392 e. The quantitative estimate of drug-likeness (QED) is 0.637. The van der Waals surface area contributed by atoms with Crippen molar-refractivity contribution >= 4 is 0 Å². The lowest BCUT2D eigenvalue weighted by atomic mass is 9.98. The van der Waals surface area contributed by atoms with Crippen LogP contribution in [-0.2, 0) is 4.74 Å². The van der Waals surface area contributed by atoms with Crippen molar-refractivity contribution in [2.75, 3.05) is 19.7 Å². The zero-order valence-electron chi connectivity index (χ0n) is 9.17. The van der Waals surface area contributed by atoms with Crippen LogP contribution in [0, 0.1) is 0 Å². The van der Waals surface area contributed by atoms with E-state index in [1.165, 1.54) is 32.1 Å². The van der Waals surface area contributed by atoms with E-state index in [0.29, 0.717) is 12.6 Å². The molecular formula is C11H23NO2. The summed E-state index contributed by atoms with van der Waals surface area (Å²) in [7, 11) is 0. The second-order valence-electron chi connectivity index (χ2n) is 4.18. The lowest BCUT2D eigenvalue weighted by Gasteiger charge is -2.22. The number of aliphatic hydroxyl groups is 1. The zero-order chi connectivity index (χ0) is 10.2. The maximum atomic E-state index is 9.00. The van der Waals surface area contributed by atoms with Crippen molar-refractivity contribution < 1.29 is 9.84 Å². The van der Waals surface area contributed by atoms with Crippen LogP contribution in [0.1, 0.15) is 39.0 Å². The van der Waals surface area contributed by atoms with Crippen LogP contribution >= 0.6 is 0 Å². The number of aliphatic hydroxyl groups excluding tert-OH is 1. The molecule has 3 nitrogen and oxygen atoms in total. The van der Waals surface area contributed by atoms with Crippen molar-refractivity contribution in [2.24, 2.45) is 0 Å². The molecule has 14 heavy (non-hydrogen) atoms. The second-order valence-corrected chi connectivity index (χ2v) is 4.18. The molecule has 0 bridgehead atoms. The van der Waals surface area contributed by atoms with Gasteiger partial charge in [0, 0.05) is 13.1 Å². The number of nitrogens with one attached hydrogen (secondary N) is 1. The van der Waals surface area contributed by atoms with E-state index in [4.69, 9.17) is 9.84 Å². The first-order chi connectivity index (χ1) is 6.79. The van der Waals surface area contributed by atoms with E-state index in [-0.39, 0.29) is 6.10 Å². The Morgan fingerprint density at radius 1 is 1.36 bits per heavy atom. The van der Waals surface area contributed by atoms with Gasteiger partial charge in [-0.05, 0) is 19.8 Å². The molecule has 0 aromatic rings. The van der Waals surface area contributed by atoms with Crippen LogP contribution in [-0.4, -0.2) is 37.0 Å². The van der Waals surface area contributed by atoms with Crippen LogP contribution in [0.25, 0.3) is 0 Å². The van der Waals surface area contributed by atoms with Gasteiger partial charge in [0.25, 0.3) is 0 Å². The van der Waals surface area contributed by atoms with Crippen LogP contribution in [0.15, 0.2) is 0 Å². The normalized spacial score (nSPS) is 21.0. The molecule has 84 valence electrons. The lowest BCUT2D eigenvalue weighted by molar-refractivity contribution is 0.0294. The Labute approximate surface area is 86.8 Å². The zero-order valence-corrected chi connectivity index (χ0v) is 9.17. The molecule has 1 aliphatic carbocycles. The fourth-order valence-electron chi connectivity index (χ4n) is 1.84. The maximum Gasteiger partial charge on any atom is 0.0636 e. The standard InChI is InChI=1S/C11H23NO2/c1-10(13)9-12-7-8-14-11-5-3-2-4-6-11/h10-13H,2-9H2,1H3/t10-/m1/s1. The monoisotopic (exact) mass is 201 g/mol. The maximum absolute atomic E-state index is 9.00. The summed E-state index contributed by atoms with van der Waals surface area (Å²) < 4.78 is 5.72. The number of rotatable bonds is 6. The molecule has 1 rings (SSSR count). The highest BCUT2D eigenvalue weighted by Crippen LogP contribution is 2.19. The average Bonchev–Trinajstić information content (AvgIpc) is 2.18. The molecule has 0 radical (unpaired) electrons. The van der Waals surface area contributed by atoms with Gasteiger partial charge in [-0.2, -0.15) is 0 Å². The third-order valence-corrected chi connectivity index (χ3v) is 2.62. The highest BCUT2D eigenvalue weighted by molar-refractivity contribution is 4.65. The number of ether oxygens (including phenoxy) is 1. The first kappa shape index (κ1) is 12.0. The number of hydrogen-bond donors (Lipinski definition) is 2. The predicted molar refractivity (Wildman–Crippen MR) is 57.4 cm³/mol. The second kappa shape index (κ2) is 7.21. The summed E-state index contributed by atoms with van der Waals surface area (Å²) in [6.45, 7) is 4.07. The minimum atomic E-state index is -0.260. The summed E-state index contributed by atoms with van der Waals surface area (Å²) in [6.07, 6.45) is 6.73. The van der Waals surface area contributed by atoms with Crippen molar-refractivity contribution in [2.45, 2.75) is 51.2 Å². The van der Waals surface area contributed by atoms with Crippen LogP contribution < -0.4 is 5.32 Å². The highest BCUT2D eigenvalue weighted by atomic mass is 16.5. The van der Waals surface area contributed by atoms with Gasteiger partial charge in [0.05, 0.1) is 18.8 Å². The molecule has 1 fully saturated rings. The van der Waals surface area contributed by atoms with Gasteiger partial charge in [-0.3, -0.25) is 0 Å².